The number of rotatable bonds is 12. The maximum atomic E-state index is 16.0. The Balaban J connectivity index is 2.32. The van der Waals surface area contributed by atoms with Crippen molar-refractivity contribution in [2.45, 2.75) is 96.5 Å². The summed E-state index contributed by atoms with van der Waals surface area (Å²) in [6.45, 7) is 5.77. The van der Waals surface area contributed by atoms with Crippen LogP contribution in [-0.2, 0) is 40.1 Å². The van der Waals surface area contributed by atoms with Gasteiger partial charge in [0.15, 0.2) is 12.8 Å². The van der Waals surface area contributed by atoms with E-state index in [9.17, 15) is 24.6 Å². The summed E-state index contributed by atoms with van der Waals surface area (Å²) in [6.07, 6.45) is -3.69. The number of carbonyl (C=O) groups excluding carboxylic acids is 2. The van der Waals surface area contributed by atoms with E-state index in [2.05, 4.69) is 15.2 Å². The lowest BCUT2D eigenvalue weighted by atomic mass is 9.95. The van der Waals surface area contributed by atoms with E-state index in [1.165, 1.54) is 19.9 Å². The summed E-state index contributed by atoms with van der Waals surface area (Å²) in [6, 6.07) is -0.885. The summed E-state index contributed by atoms with van der Waals surface area (Å²) in [5.74, 6) is -4.58. The topological polar surface area (TPSA) is 196 Å². The van der Waals surface area contributed by atoms with Crippen molar-refractivity contribution in [1.29, 1.82) is 0 Å². The second-order valence-corrected chi connectivity index (χ2v) is 13.3. The monoisotopic (exact) mass is 597 g/mol. The molecule has 1 aliphatic rings. The van der Waals surface area contributed by atoms with Crippen LogP contribution >= 0.6 is 6.57 Å². The van der Waals surface area contributed by atoms with Crippen molar-refractivity contribution in [3.8, 4) is 0 Å². The number of carbonyl (C=O) groups is 2. The molecule has 0 radical (unpaired) electrons. The number of esters is 2. The fourth-order valence-corrected chi connectivity index (χ4v) is 6.49. The van der Waals surface area contributed by atoms with Gasteiger partial charge in [0.05, 0.1) is 12.2 Å². The second kappa shape index (κ2) is 12.6. The first-order valence-corrected chi connectivity index (χ1v) is 14.9. The van der Waals surface area contributed by atoms with Gasteiger partial charge in [-0.05, 0) is 66.3 Å². The van der Waals surface area contributed by atoms with Crippen LogP contribution in [-0.4, -0.2) is 80.2 Å². The molecule has 2 rings (SSSR count). The van der Waals surface area contributed by atoms with Crippen LogP contribution in [0.1, 0.15) is 54.7 Å². The number of halogens is 1. The zero-order chi connectivity index (χ0) is 29.9. The third-order valence-electron chi connectivity index (χ3n) is 5.45. The van der Waals surface area contributed by atoms with Gasteiger partial charge in [-0.3, -0.25) is 14.2 Å². The Bertz CT molecular complexity index is 1120. The lowest BCUT2D eigenvalue weighted by Gasteiger charge is -2.32. The third-order valence-corrected chi connectivity index (χ3v) is 8.35. The van der Waals surface area contributed by atoms with Gasteiger partial charge in [-0.15, -0.1) is 0 Å². The molecule has 17 heteroatoms. The number of ether oxygens (including phenoxy) is 3. The molecule has 1 aromatic heterocycles. The van der Waals surface area contributed by atoms with Crippen molar-refractivity contribution in [1.82, 2.24) is 19.7 Å². The lowest BCUT2D eigenvalue weighted by molar-refractivity contribution is -0.202. The summed E-state index contributed by atoms with van der Waals surface area (Å²) in [7, 11) is 0. The molecular weight excluding hydrogens is 560 g/mol. The molecule has 0 bridgehead atoms. The summed E-state index contributed by atoms with van der Waals surface area (Å²) in [5.41, 5.74) is 2.20. The molecule has 6 atom stereocenters. The highest BCUT2D eigenvalue weighted by Crippen LogP contribution is 2.48. The minimum absolute atomic E-state index is 0.114. The third kappa shape index (κ3) is 8.24. The predicted molar refractivity (Wildman–Crippen MR) is 141 cm³/mol. The molecule has 0 spiro atoms. The molecule has 0 aliphatic carbocycles. The highest BCUT2D eigenvalue weighted by Gasteiger charge is 2.63. The van der Waals surface area contributed by atoms with E-state index in [0.29, 0.717) is 0 Å². The maximum absolute atomic E-state index is 16.0. The Morgan fingerprint density at radius 3 is 2.13 bits per heavy atom. The van der Waals surface area contributed by atoms with Crippen LogP contribution in [0.2, 0.25) is 0 Å². The average Bonchev–Trinajstić information content (AvgIpc) is 2.97. The van der Waals surface area contributed by atoms with Gasteiger partial charge in [0, 0.05) is 6.20 Å². The van der Waals surface area contributed by atoms with Gasteiger partial charge >= 0.3 is 17.6 Å². The molecule has 0 aromatic carbocycles. The molecule has 1 saturated heterocycles. The van der Waals surface area contributed by atoms with Crippen molar-refractivity contribution >= 4 is 36.1 Å². The fraction of sp³-hybridized carbons (Fsp3) is 0.727. The highest BCUT2D eigenvalue weighted by molar-refractivity contribution is 8.10. The Labute approximate surface area is 230 Å². The molecule has 1 aliphatic heterocycles. The first-order chi connectivity index (χ1) is 17.8. The fourth-order valence-electron chi connectivity index (χ4n) is 3.57. The van der Waals surface area contributed by atoms with E-state index in [0.717, 1.165) is 17.7 Å². The minimum atomic E-state index is -3.68. The van der Waals surface area contributed by atoms with Crippen molar-refractivity contribution in [3.63, 3.8) is 0 Å². The molecule has 6 N–H and O–H groups in total. The molecule has 0 unspecified atom stereocenters. The Morgan fingerprint density at radius 1 is 1.21 bits per heavy atom. The van der Waals surface area contributed by atoms with Gasteiger partial charge < -0.3 is 34.7 Å². The van der Waals surface area contributed by atoms with Crippen LogP contribution < -0.4 is 21.6 Å². The van der Waals surface area contributed by atoms with Gasteiger partial charge in [-0.2, -0.15) is 4.98 Å². The number of hydrogen-bond acceptors (Lipinski definition) is 12. The van der Waals surface area contributed by atoms with Gasteiger partial charge in [-0.1, -0.05) is 0 Å². The number of alkyl halides is 1. The van der Waals surface area contributed by atoms with Gasteiger partial charge in [0.25, 0.3) is 5.85 Å². The van der Waals surface area contributed by atoms with E-state index < -0.39 is 78.9 Å². The molecule has 0 amide bonds. The van der Waals surface area contributed by atoms with Crippen LogP contribution in [0.15, 0.2) is 17.1 Å². The molecule has 222 valence electrons. The second-order valence-electron chi connectivity index (χ2n) is 9.92. The first-order valence-electron chi connectivity index (χ1n) is 12.1. The molecule has 1 aromatic rings. The van der Waals surface area contributed by atoms with Gasteiger partial charge in [-0.25, -0.2) is 19.4 Å². The van der Waals surface area contributed by atoms with Crippen molar-refractivity contribution in [2.24, 2.45) is 0 Å². The zero-order valence-electron chi connectivity index (χ0n) is 22.8. The van der Waals surface area contributed by atoms with Crippen molar-refractivity contribution < 1.29 is 42.9 Å². The molecule has 1 fully saturated rings. The summed E-state index contributed by atoms with van der Waals surface area (Å²) in [4.78, 5) is 40.6. The van der Waals surface area contributed by atoms with E-state index in [1.54, 1.807) is 27.7 Å². The highest BCUT2D eigenvalue weighted by atomic mass is 32.4. The quantitative estimate of drug-likeness (QED) is 0.162. The number of nitrogens with two attached hydrogens (primary N) is 1. The van der Waals surface area contributed by atoms with E-state index in [1.807, 2.05) is 0 Å². The van der Waals surface area contributed by atoms with Crippen molar-refractivity contribution in [2.75, 3.05) is 12.3 Å². The standard InChI is InChI=1S/C22H37FN5O9PS/c1-11(2)35-16(29)13(5)26-38(39,27-14(6)17(30)36-12(3)4)34-10-22(23)18(31)21(7,33)19(37-22)28-9-8-15(24)25-20(28)32/h8-9,11-14,18-19,31,33H,10H2,1-7H3,(H2,24,25,32)(H2,26,27,39)/t13-,14-,18-,19+,21+,22+/m0/s1. The number of aliphatic hydroxyl groups excluding tert-OH is 1. The van der Waals surface area contributed by atoms with Gasteiger partial charge in [0.2, 0.25) is 0 Å². The number of hydrogen-bond donors (Lipinski definition) is 5. The molecular formula is C22H37FN5O9PS. The van der Waals surface area contributed by atoms with Crippen LogP contribution in [0.5, 0.6) is 0 Å². The Kier molecular flexibility index (Phi) is 10.8. The maximum Gasteiger partial charge on any atom is 0.351 e. The number of nitrogens with zero attached hydrogens (tertiary/aromatic N) is 2. The normalized spacial score (nSPS) is 27.0. The average molecular weight is 598 g/mol. The minimum Gasteiger partial charge on any atom is -0.462 e. The van der Waals surface area contributed by atoms with Crippen LogP contribution in [0.4, 0.5) is 10.2 Å². The summed E-state index contributed by atoms with van der Waals surface area (Å²) < 4.78 is 38.1. The largest absolute Gasteiger partial charge is 0.462 e. The van der Waals surface area contributed by atoms with Crippen LogP contribution in [0.3, 0.4) is 0 Å². The number of anilines is 1. The zero-order valence-corrected chi connectivity index (χ0v) is 24.5. The Hall–Kier alpha value is -2.04. The van der Waals surface area contributed by atoms with Gasteiger partial charge in [0.1, 0.15) is 36.2 Å². The molecule has 2 heterocycles. The van der Waals surface area contributed by atoms with E-state index in [4.69, 9.17) is 36.3 Å². The van der Waals surface area contributed by atoms with Crippen LogP contribution in [0.25, 0.3) is 0 Å². The SMILES string of the molecule is CC(C)OC(=O)[C@H](C)NP(=S)(N[C@@H](C)C(=O)OC(C)C)OC[C@@]1(F)O[C@@H](n2ccc(N)nc2=O)[C@](C)(O)[C@@H]1O. The van der Waals surface area contributed by atoms with E-state index in [-0.39, 0.29) is 5.82 Å². The predicted octanol–water partition coefficient (Wildman–Crippen LogP) is 0.233. The number of aliphatic hydroxyl groups is 2. The van der Waals surface area contributed by atoms with E-state index >= 15 is 4.39 Å². The lowest BCUT2D eigenvalue weighted by Crippen LogP contribution is -2.50. The van der Waals surface area contributed by atoms with Crippen LogP contribution in [0, 0.1) is 0 Å². The number of nitrogens with one attached hydrogen (secondary N) is 2. The smallest absolute Gasteiger partial charge is 0.351 e. The molecule has 39 heavy (non-hydrogen) atoms. The molecule has 14 nitrogen and oxygen atoms in total. The Morgan fingerprint density at radius 2 is 1.69 bits per heavy atom. The molecule has 0 saturated carbocycles. The first kappa shape index (κ1) is 33.2. The summed E-state index contributed by atoms with van der Waals surface area (Å²) in [5, 5.41) is 27.0. The number of aromatic nitrogens is 2. The number of nitrogen functional groups attached to an aromatic ring is 1. The van der Waals surface area contributed by atoms with Crippen molar-refractivity contribution in [3.05, 3.63) is 22.7 Å². The summed E-state index contributed by atoms with van der Waals surface area (Å²) >= 11 is 5.56.